The molecular formula is C23H22F2N2O3. The van der Waals surface area contributed by atoms with Crippen molar-refractivity contribution < 1.29 is 18.4 Å². The topological polar surface area (TPSA) is 60.3 Å². The summed E-state index contributed by atoms with van der Waals surface area (Å²) in [5.74, 6) is -1.35. The van der Waals surface area contributed by atoms with E-state index in [-0.39, 0.29) is 46.4 Å². The molecule has 1 N–H and O–H groups in total. The van der Waals surface area contributed by atoms with E-state index in [1.165, 1.54) is 24.3 Å². The van der Waals surface area contributed by atoms with Crippen molar-refractivity contribution in [3.63, 3.8) is 0 Å². The Hall–Kier alpha value is -3.22. The van der Waals surface area contributed by atoms with Gasteiger partial charge in [-0.1, -0.05) is 24.3 Å². The van der Waals surface area contributed by atoms with Gasteiger partial charge in [0.15, 0.2) is 0 Å². The molecule has 30 heavy (non-hydrogen) atoms. The number of halogens is 2. The Kier molecular flexibility index (Phi) is 5.28. The van der Waals surface area contributed by atoms with Crippen LogP contribution in [0.2, 0.25) is 0 Å². The molecule has 1 atom stereocenters. The summed E-state index contributed by atoms with van der Waals surface area (Å²) in [4.78, 5) is 31.5. The lowest BCUT2D eigenvalue weighted by Crippen LogP contribution is -2.35. The first-order valence-electron chi connectivity index (χ1n) is 9.95. The first-order valence-corrected chi connectivity index (χ1v) is 9.95. The second-order valence-corrected chi connectivity index (χ2v) is 7.48. The largest absolute Gasteiger partial charge is 0.411 e. The van der Waals surface area contributed by atoms with Gasteiger partial charge in [0.25, 0.3) is 11.5 Å². The zero-order chi connectivity index (χ0) is 21.4. The van der Waals surface area contributed by atoms with E-state index in [9.17, 15) is 18.4 Å². The van der Waals surface area contributed by atoms with E-state index in [4.69, 9.17) is 4.84 Å². The maximum absolute atomic E-state index is 14.5. The number of carbonyl (C=O) groups excluding carboxylic acids is 1. The van der Waals surface area contributed by atoms with Gasteiger partial charge in [-0.15, -0.1) is 4.73 Å². The van der Waals surface area contributed by atoms with Crippen LogP contribution < -0.4 is 15.7 Å². The van der Waals surface area contributed by atoms with Gasteiger partial charge in [0.2, 0.25) is 0 Å². The molecule has 0 unspecified atom stereocenters. The predicted octanol–water partition coefficient (Wildman–Crippen LogP) is 3.92. The van der Waals surface area contributed by atoms with Crippen LogP contribution >= 0.6 is 0 Å². The number of hydrogen-bond acceptors (Lipinski definition) is 3. The number of carbonyl (C=O) groups is 1. The third-order valence-corrected chi connectivity index (χ3v) is 5.42. The van der Waals surface area contributed by atoms with Gasteiger partial charge in [0, 0.05) is 5.39 Å². The van der Waals surface area contributed by atoms with Crippen LogP contribution in [-0.2, 0) is 0 Å². The molecular weight excluding hydrogens is 390 g/mol. The maximum Gasteiger partial charge on any atom is 0.294 e. The molecule has 0 spiro atoms. The number of hydrogen-bond donors (Lipinski definition) is 1. The Bertz CT molecular complexity index is 1190. The van der Waals surface area contributed by atoms with E-state index < -0.39 is 17.3 Å². The number of aromatic nitrogens is 1. The zero-order valence-corrected chi connectivity index (χ0v) is 16.7. The van der Waals surface area contributed by atoms with Crippen LogP contribution in [0.15, 0.2) is 47.3 Å². The highest BCUT2D eigenvalue weighted by Crippen LogP contribution is 2.41. The average molecular weight is 412 g/mol. The summed E-state index contributed by atoms with van der Waals surface area (Å²) < 4.78 is 29.2. The molecule has 2 aromatic carbocycles. The molecule has 0 saturated heterocycles. The highest BCUT2D eigenvalue weighted by Gasteiger charge is 2.34. The number of nitrogens with one attached hydrogen (secondary N) is 1. The molecule has 0 aliphatic heterocycles. The molecule has 1 aliphatic carbocycles. The lowest BCUT2D eigenvalue weighted by molar-refractivity contribution is 0.0908. The van der Waals surface area contributed by atoms with Crippen molar-refractivity contribution in [3.05, 3.63) is 81.3 Å². The minimum absolute atomic E-state index is 0.166. The van der Waals surface area contributed by atoms with Crippen molar-refractivity contribution in [2.24, 2.45) is 5.92 Å². The molecule has 1 amide bonds. The van der Waals surface area contributed by atoms with E-state index in [1.54, 1.807) is 32.0 Å². The van der Waals surface area contributed by atoms with Crippen LogP contribution in [0.25, 0.3) is 10.8 Å². The van der Waals surface area contributed by atoms with Crippen molar-refractivity contribution in [1.82, 2.24) is 10.0 Å². The summed E-state index contributed by atoms with van der Waals surface area (Å²) in [7, 11) is 0. The van der Waals surface area contributed by atoms with Crippen LogP contribution in [0.1, 0.15) is 47.4 Å². The van der Waals surface area contributed by atoms with Gasteiger partial charge in [-0.05, 0) is 56.4 Å². The van der Waals surface area contributed by atoms with Gasteiger partial charge in [-0.2, -0.15) is 0 Å². The third-order valence-electron chi connectivity index (χ3n) is 5.42. The van der Waals surface area contributed by atoms with Crippen LogP contribution in [-0.4, -0.2) is 17.2 Å². The fourth-order valence-electron chi connectivity index (χ4n) is 3.89. The fourth-order valence-corrected chi connectivity index (χ4v) is 3.89. The summed E-state index contributed by atoms with van der Waals surface area (Å²) in [6, 6.07) is 9.97. The molecule has 5 nitrogen and oxygen atoms in total. The molecule has 1 aromatic heterocycles. The lowest BCUT2D eigenvalue weighted by Gasteiger charge is -2.21. The van der Waals surface area contributed by atoms with Crippen LogP contribution in [0.3, 0.4) is 0 Å². The molecule has 3 aromatic rings. The van der Waals surface area contributed by atoms with Crippen molar-refractivity contribution >= 4 is 16.7 Å². The Labute approximate surface area is 172 Å². The first-order chi connectivity index (χ1) is 14.4. The molecule has 0 radical (unpaired) electrons. The molecule has 1 fully saturated rings. The summed E-state index contributed by atoms with van der Waals surface area (Å²) >= 11 is 0. The molecule has 1 aliphatic rings. The smallest absolute Gasteiger partial charge is 0.294 e. The second-order valence-electron chi connectivity index (χ2n) is 7.48. The number of rotatable bonds is 6. The minimum atomic E-state index is -0.719. The van der Waals surface area contributed by atoms with Gasteiger partial charge in [-0.25, -0.2) is 8.78 Å². The minimum Gasteiger partial charge on any atom is -0.411 e. The van der Waals surface area contributed by atoms with Gasteiger partial charge in [-0.3, -0.25) is 9.59 Å². The number of amides is 1. The Balaban J connectivity index is 1.83. The van der Waals surface area contributed by atoms with E-state index in [1.807, 2.05) is 0 Å². The van der Waals surface area contributed by atoms with E-state index in [0.717, 1.165) is 17.6 Å². The molecule has 1 heterocycles. The van der Waals surface area contributed by atoms with Crippen molar-refractivity contribution in [3.8, 4) is 0 Å². The Morgan fingerprint density at radius 2 is 1.97 bits per heavy atom. The maximum atomic E-state index is 14.5. The highest BCUT2D eigenvalue weighted by atomic mass is 19.1. The number of benzene rings is 2. The van der Waals surface area contributed by atoms with Crippen molar-refractivity contribution in [2.75, 3.05) is 6.61 Å². The standard InChI is InChI=1S/C23H22F2N2O3/c1-3-30-27-13(2)19(17-8-5-9-18(25)20(17)23(27)29)22(28)26-21(14-10-11-14)15-6-4-7-16(24)12-15/h4-9,12,14,21H,3,10-11H2,1-2H3,(H,26,28)/t21-/m0/s1. The normalized spacial score (nSPS) is 14.5. The number of nitrogens with zero attached hydrogens (tertiary/aromatic N) is 1. The van der Waals surface area contributed by atoms with Gasteiger partial charge in [0.1, 0.15) is 18.2 Å². The van der Waals surface area contributed by atoms with E-state index in [0.29, 0.717) is 5.56 Å². The summed E-state index contributed by atoms with van der Waals surface area (Å²) in [5.41, 5.74) is 0.478. The molecule has 1 saturated carbocycles. The van der Waals surface area contributed by atoms with Crippen LogP contribution in [0.4, 0.5) is 8.78 Å². The van der Waals surface area contributed by atoms with E-state index in [2.05, 4.69) is 5.32 Å². The van der Waals surface area contributed by atoms with Gasteiger partial charge >= 0.3 is 0 Å². The first kappa shape index (κ1) is 20.1. The molecule has 156 valence electrons. The number of pyridine rings is 1. The van der Waals surface area contributed by atoms with Crippen LogP contribution in [0.5, 0.6) is 0 Å². The molecule has 7 heteroatoms. The second kappa shape index (κ2) is 7.89. The predicted molar refractivity (Wildman–Crippen MR) is 109 cm³/mol. The van der Waals surface area contributed by atoms with Crippen molar-refractivity contribution in [1.29, 1.82) is 0 Å². The molecule has 0 bridgehead atoms. The lowest BCUT2D eigenvalue weighted by atomic mass is 9.99. The summed E-state index contributed by atoms with van der Waals surface area (Å²) in [6.07, 6.45) is 1.85. The quantitative estimate of drug-likeness (QED) is 0.668. The Morgan fingerprint density at radius 1 is 1.23 bits per heavy atom. The summed E-state index contributed by atoms with van der Waals surface area (Å²) in [5, 5.41) is 3.00. The SMILES string of the molecule is CCOn1c(C)c(C(=O)N[C@H](c2cccc(F)c2)C2CC2)c2cccc(F)c2c1=O. The van der Waals surface area contributed by atoms with Crippen molar-refractivity contribution in [2.45, 2.75) is 32.7 Å². The molecule has 4 rings (SSSR count). The van der Waals surface area contributed by atoms with Crippen LogP contribution in [0, 0.1) is 24.5 Å². The monoisotopic (exact) mass is 412 g/mol. The fraction of sp³-hybridized carbons (Fsp3) is 0.304. The zero-order valence-electron chi connectivity index (χ0n) is 16.7. The highest BCUT2D eigenvalue weighted by molar-refractivity contribution is 6.08. The Morgan fingerprint density at radius 3 is 2.63 bits per heavy atom. The van der Waals surface area contributed by atoms with E-state index >= 15 is 0 Å². The van der Waals surface area contributed by atoms with Gasteiger partial charge < -0.3 is 10.2 Å². The third kappa shape index (κ3) is 3.56. The van der Waals surface area contributed by atoms with Gasteiger partial charge in [0.05, 0.1) is 22.7 Å². The number of fused-ring (bicyclic) bond motifs is 1. The summed E-state index contributed by atoms with van der Waals surface area (Å²) in [6.45, 7) is 3.46. The average Bonchev–Trinajstić information content (AvgIpc) is 3.54.